The number of nitrogens with zero attached hydrogens (tertiary/aromatic N) is 6. The van der Waals surface area contributed by atoms with Crippen LogP contribution in [0.25, 0.3) is 5.69 Å². The number of carbonyl (C=O) groups is 3. The molecule has 3 heterocycles. The summed E-state index contributed by atoms with van der Waals surface area (Å²) in [5.41, 5.74) is -1.33. The normalized spacial score (nSPS) is 13.2. The molecule has 0 saturated heterocycles. The first kappa shape index (κ1) is 50.4. The van der Waals surface area contributed by atoms with Crippen LogP contribution in [0.2, 0.25) is 10.0 Å². The molecule has 0 amide bonds. The number of rotatable bonds is 14. The summed E-state index contributed by atoms with van der Waals surface area (Å²) in [6.07, 6.45) is 1.16. The number of benzene rings is 2. The van der Waals surface area contributed by atoms with E-state index in [0.717, 1.165) is 54.1 Å². The van der Waals surface area contributed by atoms with Gasteiger partial charge in [-0.15, -0.1) is 28.5 Å². The molecule has 4 aromatic rings. The molecule has 1 atom stereocenters. The molecule has 5 rings (SSSR count). The summed E-state index contributed by atoms with van der Waals surface area (Å²) in [6.45, 7) is 0.658. The minimum absolute atomic E-state index is 0.0370. The van der Waals surface area contributed by atoms with Gasteiger partial charge in [0.15, 0.2) is 5.82 Å². The Morgan fingerprint density at radius 1 is 1.03 bits per heavy atom. The Hall–Kier alpha value is -4.00. The summed E-state index contributed by atoms with van der Waals surface area (Å²) < 4.78 is 73.1. The predicted octanol–water partition coefficient (Wildman–Crippen LogP) is 4.75. The monoisotopic (exact) mass is 969 g/mol. The number of alkyl halides is 3. The largest absolute Gasteiger partial charge is 0.481 e. The number of carboxylic acid groups (broad SMARTS) is 2. The maximum absolute atomic E-state index is 14.2. The number of carboxylic acids is 2. The number of aryl methyl sites for hydroxylation is 1. The standard InChI is InChI=1S/C15H14Cl2F3N3O3.C14H13ClFN3O3S2.C3H8NO5P/c1-3-26-13(24)10(17)4-8-5-12(11(18)6-9(8)16)23-15(25)22(14(19)20)7(2)21-23;15-8-5-9(16)10(6-11(8)23-7-12(20)21)17-13-18-3-1-2-4-19(18)14(22)24-13;5-3(6)1-4-2-10(7,8)9/h5-6,10,14H,3-4H2,1-2H3;5-6H,1-4,7H2,(H,20,21);4H,1-2H2,(H,5,6)(H2,7,8,9). The Morgan fingerprint density at radius 3 is 2.23 bits per heavy atom. The lowest BCUT2D eigenvalue weighted by atomic mass is 10.1. The molecular formula is C32H35Cl3F4N7O11PS2. The molecule has 60 heavy (non-hydrogen) atoms. The SMILES string of the molecule is CCOC(=O)C(Cl)Cc1cc(-n2nc(C)n(C(F)F)c2=O)c(F)cc1Cl.O=C(O)CNCP(=O)(O)O.O=C(O)CSc1cc(N=c2sc(=O)n3n2CCCC3)c(F)cc1Cl. The second kappa shape index (κ2) is 22.7. The third-order valence-corrected chi connectivity index (χ3v) is 11.2. The fourth-order valence-corrected chi connectivity index (χ4v) is 7.68. The Kier molecular flexibility index (Phi) is 19.1. The molecule has 2 aromatic carbocycles. The molecule has 18 nitrogen and oxygen atoms in total. The van der Waals surface area contributed by atoms with Crippen molar-refractivity contribution in [3.8, 4) is 5.69 Å². The zero-order chi connectivity index (χ0) is 45.1. The van der Waals surface area contributed by atoms with Gasteiger partial charge in [0.1, 0.15) is 28.4 Å². The Bertz CT molecular complexity index is 2440. The second-order valence-electron chi connectivity index (χ2n) is 12.0. The average molecular weight is 971 g/mol. The zero-order valence-electron chi connectivity index (χ0n) is 31.1. The van der Waals surface area contributed by atoms with Gasteiger partial charge in [-0.25, -0.2) is 27.8 Å². The first-order valence-corrected chi connectivity index (χ1v) is 21.7. The van der Waals surface area contributed by atoms with E-state index in [1.54, 1.807) is 16.3 Å². The van der Waals surface area contributed by atoms with Crippen molar-refractivity contribution in [1.82, 2.24) is 29.0 Å². The topological polar surface area (TPSA) is 250 Å². The van der Waals surface area contributed by atoms with Crippen LogP contribution in [0, 0.1) is 18.6 Å². The summed E-state index contributed by atoms with van der Waals surface area (Å²) >= 11 is 19.8. The van der Waals surface area contributed by atoms with Crippen LogP contribution < -0.4 is 20.7 Å². The first-order chi connectivity index (χ1) is 28.0. The van der Waals surface area contributed by atoms with Gasteiger partial charge < -0.3 is 24.7 Å². The van der Waals surface area contributed by atoms with Gasteiger partial charge in [-0.2, -0.15) is 13.5 Å². The van der Waals surface area contributed by atoms with Crippen molar-refractivity contribution in [3.63, 3.8) is 0 Å². The van der Waals surface area contributed by atoms with E-state index in [2.05, 4.69) is 15.4 Å². The summed E-state index contributed by atoms with van der Waals surface area (Å²) in [5.74, 6) is -4.86. The van der Waals surface area contributed by atoms with Crippen LogP contribution in [0.15, 0.2) is 43.7 Å². The third-order valence-electron chi connectivity index (χ3n) is 7.52. The fourth-order valence-electron chi connectivity index (χ4n) is 4.95. The van der Waals surface area contributed by atoms with Crippen LogP contribution in [0.3, 0.4) is 0 Å². The van der Waals surface area contributed by atoms with Gasteiger partial charge in [-0.3, -0.25) is 33.7 Å². The van der Waals surface area contributed by atoms with Crippen molar-refractivity contribution in [3.05, 3.63) is 82.3 Å². The van der Waals surface area contributed by atoms with Gasteiger partial charge in [0, 0.05) is 29.4 Å². The first-order valence-electron chi connectivity index (χ1n) is 17.0. The van der Waals surface area contributed by atoms with E-state index in [1.807, 2.05) is 0 Å². The number of halogens is 7. The summed E-state index contributed by atoms with van der Waals surface area (Å²) in [5, 5.41) is 21.5. The minimum Gasteiger partial charge on any atom is -0.481 e. The van der Waals surface area contributed by atoms with Crippen LogP contribution in [0.1, 0.15) is 37.7 Å². The highest BCUT2D eigenvalue weighted by Gasteiger charge is 2.24. The number of fused-ring (bicyclic) bond motifs is 1. The Labute approximate surface area is 359 Å². The van der Waals surface area contributed by atoms with Gasteiger partial charge in [-0.05, 0) is 67.9 Å². The van der Waals surface area contributed by atoms with Crippen molar-refractivity contribution >= 4 is 89.1 Å². The van der Waals surface area contributed by atoms with E-state index in [0.29, 0.717) is 27.5 Å². The molecule has 0 bridgehead atoms. The van der Waals surface area contributed by atoms with Crippen LogP contribution in [-0.2, 0) is 43.2 Å². The quantitative estimate of drug-likeness (QED) is 0.0377. The summed E-state index contributed by atoms with van der Waals surface area (Å²) in [6, 6.07) is 4.55. The van der Waals surface area contributed by atoms with Crippen LogP contribution in [-0.4, -0.2) is 92.2 Å². The van der Waals surface area contributed by atoms with Gasteiger partial charge in [0.05, 0.1) is 30.2 Å². The third kappa shape index (κ3) is 14.6. The molecule has 330 valence electrons. The highest BCUT2D eigenvalue weighted by atomic mass is 35.5. The Balaban J connectivity index is 0.000000263. The molecule has 0 aliphatic carbocycles. The highest BCUT2D eigenvalue weighted by Crippen LogP contribution is 2.33. The number of nitrogens with one attached hydrogen (secondary N) is 1. The van der Waals surface area contributed by atoms with Gasteiger partial charge >= 0.3 is 42.6 Å². The number of thioether (sulfide) groups is 1. The smallest absolute Gasteiger partial charge is 0.355 e. The van der Waals surface area contributed by atoms with Crippen molar-refractivity contribution in [1.29, 1.82) is 0 Å². The van der Waals surface area contributed by atoms with Crippen LogP contribution >= 0.6 is 65.5 Å². The predicted molar refractivity (Wildman–Crippen MR) is 212 cm³/mol. The number of esters is 1. The van der Waals surface area contributed by atoms with E-state index in [-0.39, 0.29) is 61.0 Å². The molecule has 0 saturated carbocycles. The van der Waals surface area contributed by atoms with Gasteiger partial charge in [0.2, 0.25) is 4.80 Å². The van der Waals surface area contributed by atoms with E-state index in [1.165, 1.54) is 13.0 Å². The van der Waals surface area contributed by atoms with Gasteiger partial charge in [0.25, 0.3) is 0 Å². The van der Waals surface area contributed by atoms with E-state index in [4.69, 9.17) is 59.5 Å². The Morgan fingerprint density at radius 2 is 1.67 bits per heavy atom. The van der Waals surface area contributed by atoms with Crippen molar-refractivity contribution in [2.75, 3.05) is 25.2 Å². The number of aromatic nitrogens is 5. The lowest BCUT2D eigenvalue weighted by Crippen LogP contribution is -2.31. The second-order valence-corrected chi connectivity index (χ2v) is 16.9. The molecule has 0 spiro atoms. The molecular weight excluding hydrogens is 936 g/mol. The fraction of sp³-hybridized carbons (Fsp3) is 0.406. The van der Waals surface area contributed by atoms with Gasteiger partial charge in [-0.1, -0.05) is 23.2 Å². The number of hydrogen-bond acceptors (Lipinski definition) is 12. The molecule has 1 unspecified atom stereocenters. The van der Waals surface area contributed by atoms with Crippen LogP contribution in [0.4, 0.5) is 23.2 Å². The number of carbonyl (C=O) groups excluding carboxylic acids is 1. The molecule has 2 aromatic heterocycles. The summed E-state index contributed by atoms with van der Waals surface area (Å²) in [4.78, 5) is 77.5. The van der Waals surface area contributed by atoms with E-state index in [9.17, 15) is 46.1 Å². The molecule has 0 fully saturated rings. The average Bonchev–Trinajstić information content (AvgIpc) is 3.63. The maximum atomic E-state index is 14.2. The summed E-state index contributed by atoms with van der Waals surface area (Å²) in [7, 11) is -4.10. The van der Waals surface area contributed by atoms with E-state index < -0.39 is 67.6 Å². The maximum Gasteiger partial charge on any atom is 0.355 e. The van der Waals surface area contributed by atoms with Crippen molar-refractivity contribution in [2.24, 2.45) is 4.99 Å². The van der Waals surface area contributed by atoms with Crippen molar-refractivity contribution < 1.29 is 61.2 Å². The molecule has 0 radical (unpaired) electrons. The van der Waals surface area contributed by atoms with Crippen LogP contribution in [0.5, 0.6) is 0 Å². The zero-order valence-corrected chi connectivity index (χ0v) is 35.9. The highest BCUT2D eigenvalue weighted by molar-refractivity contribution is 8.00. The minimum atomic E-state index is -4.10. The molecule has 28 heteroatoms. The number of ether oxygens (including phenoxy) is 1. The lowest BCUT2D eigenvalue weighted by Gasteiger charge is -2.15. The molecule has 1 aliphatic heterocycles. The van der Waals surface area contributed by atoms with E-state index >= 15 is 0 Å². The lowest BCUT2D eigenvalue weighted by molar-refractivity contribution is -0.142. The number of aliphatic carboxylic acids is 2. The molecule has 1 aliphatic rings. The van der Waals surface area contributed by atoms with Crippen molar-refractivity contribution in [2.45, 2.75) is 63.0 Å². The molecule has 5 N–H and O–H groups in total. The number of hydrogen-bond donors (Lipinski definition) is 5.